The molecular formula is C21H21Cl2N3O2S2. The minimum Gasteiger partial charge on any atom is -0.368 e. The molecule has 0 saturated carbocycles. The van der Waals surface area contributed by atoms with E-state index in [1.807, 2.05) is 31.2 Å². The lowest BCUT2D eigenvalue weighted by Crippen LogP contribution is -2.43. The molecule has 3 aromatic rings. The molecule has 5 rings (SSSR count). The first-order chi connectivity index (χ1) is 14.4. The van der Waals surface area contributed by atoms with Gasteiger partial charge in [-0.2, -0.15) is 0 Å². The normalized spacial score (nSPS) is 17.0. The Morgan fingerprint density at radius 2 is 1.80 bits per heavy atom. The van der Waals surface area contributed by atoms with Crippen LogP contribution in [0.25, 0.3) is 10.1 Å². The molecule has 2 aliphatic rings. The first-order valence-corrected chi connectivity index (χ1v) is 12.9. The third-order valence-electron chi connectivity index (χ3n) is 5.84. The van der Waals surface area contributed by atoms with E-state index in [1.165, 1.54) is 11.3 Å². The summed E-state index contributed by atoms with van der Waals surface area (Å²) in [7, 11) is -3.68. The molecule has 1 saturated heterocycles. The van der Waals surface area contributed by atoms with E-state index < -0.39 is 10.0 Å². The van der Waals surface area contributed by atoms with E-state index in [-0.39, 0.29) is 0 Å². The van der Waals surface area contributed by atoms with E-state index in [0.29, 0.717) is 27.2 Å². The largest absolute Gasteiger partial charge is 0.368 e. The van der Waals surface area contributed by atoms with E-state index in [9.17, 15) is 8.42 Å². The van der Waals surface area contributed by atoms with Gasteiger partial charge in [0, 0.05) is 42.4 Å². The first kappa shape index (κ1) is 20.4. The van der Waals surface area contributed by atoms with Gasteiger partial charge in [-0.1, -0.05) is 23.2 Å². The van der Waals surface area contributed by atoms with Gasteiger partial charge in [0.1, 0.15) is 4.21 Å². The predicted molar refractivity (Wildman–Crippen MR) is 126 cm³/mol. The molecule has 5 nitrogen and oxygen atoms in total. The number of hydrogen-bond donors (Lipinski definition) is 1. The Balaban J connectivity index is 1.59. The topological polar surface area (TPSA) is 52.7 Å². The average molecular weight is 482 g/mol. The Labute approximate surface area is 190 Å². The number of benzene rings is 2. The van der Waals surface area contributed by atoms with Crippen LogP contribution in [0.3, 0.4) is 0 Å². The Morgan fingerprint density at radius 1 is 1.03 bits per heavy atom. The number of hydrogen-bond acceptors (Lipinski definition) is 5. The van der Waals surface area contributed by atoms with Crippen LogP contribution >= 0.6 is 34.5 Å². The first-order valence-electron chi connectivity index (χ1n) is 9.86. The molecule has 0 unspecified atom stereocenters. The summed E-state index contributed by atoms with van der Waals surface area (Å²) in [6.07, 6.45) is 0.659. The van der Waals surface area contributed by atoms with Crippen molar-refractivity contribution in [3.63, 3.8) is 0 Å². The predicted octanol–water partition coefficient (Wildman–Crippen LogP) is 4.68. The lowest BCUT2D eigenvalue weighted by Gasteiger charge is -2.31. The Morgan fingerprint density at radius 3 is 2.57 bits per heavy atom. The maximum atomic E-state index is 13.7. The molecule has 0 bridgehead atoms. The molecule has 0 atom stereocenters. The van der Waals surface area contributed by atoms with Gasteiger partial charge in [0.25, 0.3) is 10.0 Å². The minimum atomic E-state index is -3.68. The van der Waals surface area contributed by atoms with Crippen LogP contribution in [0.5, 0.6) is 0 Å². The number of halogens is 2. The maximum absolute atomic E-state index is 13.7. The van der Waals surface area contributed by atoms with Gasteiger partial charge in [0.05, 0.1) is 16.4 Å². The third-order valence-corrected chi connectivity index (χ3v) is 10.1. The summed E-state index contributed by atoms with van der Waals surface area (Å²) < 4.78 is 30.2. The fourth-order valence-electron chi connectivity index (χ4n) is 4.28. The molecule has 0 amide bonds. The number of nitrogens with zero attached hydrogens (tertiary/aromatic N) is 2. The number of fused-ring (bicyclic) bond motifs is 2. The molecule has 3 heterocycles. The van der Waals surface area contributed by atoms with Gasteiger partial charge in [-0.15, -0.1) is 11.3 Å². The summed E-state index contributed by atoms with van der Waals surface area (Å²) in [5.41, 5.74) is 3.37. The molecular weight excluding hydrogens is 461 g/mol. The Bertz CT molecular complexity index is 1250. The maximum Gasteiger partial charge on any atom is 0.274 e. The summed E-state index contributed by atoms with van der Waals surface area (Å²) >= 11 is 14.0. The highest BCUT2D eigenvalue weighted by molar-refractivity contribution is 7.95. The van der Waals surface area contributed by atoms with Crippen molar-refractivity contribution in [3.8, 4) is 0 Å². The zero-order chi connectivity index (χ0) is 21.0. The summed E-state index contributed by atoms with van der Waals surface area (Å²) in [4.78, 5) is 2.22. The molecule has 0 radical (unpaired) electrons. The van der Waals surface area contributed by atoms with Crippen molar-refractivity contribution in [2.75, 3.05) is 41.9 Å². The summed E-state index contributed by atoms with van der Waals surface area (Å²) in [6.45, 7) is 5.75. The van der Waals surface area contributed by atoms with Gasteiger partial charge in [0.15, 0.2) is 0 Å². The standard InChI is InChI=1S/C21H21Cl2N3O2S2/c1-13-16-11-15(22)2-3-20(16)29-21(13)30(27,28)26-7-4-14-10-17(23)19(12-18(14)26)25-8-5-24-6-9-25/h2-3,10-12,24H,4-9H2,1H3. The van der Waals surface area contributed by atoms with Crippen LogP contribution < -0.4 is 14.5 Å². The van der Waals surface area contributed by atoms with Crippen LogP contribution in [0.2, 0.25) is 10.0 Å². The van der Waals surface area contributed by atoms with Gasteiger partial charge < -0.3 is 10.2 Å². The molecule has 1 aromatic heterocycles. The molecule has 1 fully saturated rings. The summed E-state index contributed by atoms with van der Waals surface area (Å²) in [5.74, 6) is 0. The third kappa shape index (κ3) is 3.28. The van der Waals surface area contributed by atoms with Crippen LogP contribution in [0, 0.1) is 6.92 Å². The highest BCUT2D eigenvalue weighted by Crippen LogP contribution is 2.43. The van der Waals surface area contributed by atoms with Crippen LogP contribution in [-0.4, -0.2) is 41.1 Å². The average Bonchev–Trinajstić information content (AvgIpc) is 3.29. The van der Waals surface area contributed by atoms with Crippen molar-refractivity contribution >= 4 is 66.0 Å². The van der Waals surface area contributed by atoms with Gasteiger partial charge in [-0.25, -0.2) is 8.42 Å². The second-order valence-corrected chi connectivity index (χ2v) is 11.6. The van der Waals surface area contributed by atoms with E-state index in [4.69, 9.17) is 23.2 Å². The molecule has 2 aliphatic heterocycles. The van der Waals surface area contributed by atoms with Gasteiger partial charge >= 0.3 is 0 Å². The zero-order valence-corrected chi connectivity index (χ0v) is 19.6. The lowest BCUT2D eigenvalue weighted by atomic mass is 10.1. The van der Waals surface area contributed by atoms with Crippen LogP contribution in [0.15, 0.2) is 34.5 Å². The fraction of sp³-hybridized carbons (Fsp3) is 0.333. The zero-order valence-electron chi connectivity index (χ0n) is 16.4. The Kier molecular flexibility index (Phi) is 5.14. The van der Waals surface area contributed by atoms with Crippen molar-refractivity contribution < 1.29 is 8.42 Å². The monoisotopic (exact) mass is 481 g/mol. The molecule has 9 heteroatoms. The number of aryl methyl sites for hydroxylation is 1. The number of piperazine rings is 1. The second-order valence-electron chi connectivity index (χ2n) is 7.65. The van der Waals surface area contributed by atoms with Crippen molar-refractivity contribution in [2.45, 2.75) is 17.6 Å². The molecule has 1 N–H and O–H groups in total. The quantitative estimate of drug-likeness (QED) is 0.589. The number of rotatable bonds is 3. The fourth-order valence-corrected chi connectivity index (χ4v) is 8.10. The van der Waals surface area contributed by atoms with Gasteiger partial charge in [0.2, 0.25) is 0 Å². The number of anilines is 2. The molecule has 2 aromatic carbocycles. The molecule has 0 spiro atoms. The molecule has 158 valence electrons. The highest BCUT2D eigenvalue weighted by atomic mass is 35.5. The highest BCUT2D eigenvalue weighted by Gasteiger charge is 2.35. The van der Waals surface area contributed by atoms with Gasteiger partial charge in [-0.05, 0) is 60.2 Å². The van der Waals surface area contributed by atoms with E-state index in [1.54, 1.807) is 10.4 Å². The van der Waals surface area contributed by atoms with Crippen molar-refractivity contribution in [1.29, 1.82) is 0 Å². The van der Waals surface area contributed by atoms with Crippen LogP contribution in [-0.2, 0) is 16.4 Å². The van der Waals surface area contributed by atoms with Crippen LogP contribution in [0.4, 0.5) is 11.4 Å². The van der Waals surface area contributed by atoms with Crippen molar-refractivity contribution in [3.05, 3.63) is 51.5 Å². The SMILES string of the molecule is Cc1c(S(=O)(=O)N2CCc3cc(Cl)c(N4CCNCC4)cc32)sc2ccc(Cl)cc12. The summed E-state index contributed by atoms with van der Waals surface area (Å²) in [5, 5.41) is 5.52. The van der Waals surface area contributed by atoms with E-state index >= 15 is 0 Å². The number of sulfonamides is 1. The number of thiophene rings is 1. The second kappa shape index (κ2) is 7.57. The molecule has 0 aliphatic carbocycles. The number of nitrogens with one attached hydrogen (secondary N) is 1. The van der Waals surface area contributed by atoms with Crippen molar-refractivity contribution in [2.24, 2.45) is 0 Å². The Hall–Kier alpha value is -1.51. The van der Waals surface area contributed by atoms with Crippen molar-refractivity contribution in [1.82, 2.24) is 5.32 Å². The smallest absolute Gasteiger partial charge is 0.274 e. The minimum absolute atomic E-state index is 0.381. The summed E-state index contributed by atoms with van der Waals surface area (Å²) in [6, 6.07) is 9.40. The van der Waals surface area contributed by atoms with E-state index in [0.717, 1.165) is 58.8 Å². The van der Waals surface area contributed by atoms with Gasteiger partial charge in [-0.3, -0.25) is 4.31 Å². The lowest BCUT2D eigenvalue weighted by molar-refractivity contribution is 0.589. The molecule has 30 heavy (non-hydrogen) atoms. The van der Waals surface area contributed by atoms with E-state index in [2.05, 4.69) is 10.2 Å². The van der Waals surface area contributed by atoms with Crippen LogP contribution in [0.1, 0.15) is 11.1 Å².